The highest BCUT2D eigenvalue weighted by Gasteiger charge is 2.48. The van der Waals surface area contributed by atoms with Gasteiger partial charge in [0.05, 0.1) is 26.5 Å². The minimum atomic E-state index is -1.79. The van der Waals surface area contributed by atoms with Crippen LogP contribution in [0.2, 0.25) is 0 Å². The maximum absolute atomic E-state index is 13.7. The van der Waals surface area contributed by atoms with Crippen LogP contribution in [0.25, 0.3) is 0 Å². The van der Waals surface area contributed by atoms with Gasteiger partial charge in [0.25, 0.3) is 0 Å². The van der Waals surface area contributed by atoms with Gasteiger partial charge in [0.15, 0.2) is 0 Å². The molecule has 0 aromatic heterocycles. The summed E-state index contributed by atoms with van der Waals surface area (Å²) in [6.45, 7) is 5.54. The minimum absolute atomic E-state index is 0.0295. The highest BCUT2D eigenvalue weighted by Crippen LogP contribution is 2.52. The first-order chi connectivity index (χ1) is 17.1. The Balaban J connectivity index is 2.05. The summed E-state index contributed by atoms with van der Waals surface area (Å²) in [7, 11) is 0. The number of phenolic OH excluding ortho intramolecular Hbond substituents is 2. The molecule has 1 aromatic carbocycles. The predicted octanol–water partition coefficient (Wildman–Crippen LogP) is 5.02. The van der Waals surface area contributed by atoms with Gasteiger partial charge < -0.3 is 25.5 Å². The van der Waals surface area contributed by atoms with Crippen LogP contribution >= 0.6 is 23.5 Å². The second kappa shape index (κ2) is 12.3. The van der Waals surface area contributed by atoms with Crippen molar-refractivity contribution in [2.24, 2.45) is 0 Å². The van der Waals surface area contributed by atoms with Gasteiger partial charge in [0, 0.05) is 17.5 Å². The molecule has 0 spiro atoms. The Bertz CT molecular complexity index is 1030. The van der Waals surface area contributed by atoms with E-state index in [4.69, 9.17) is 0 Å². The van der Waals surface area contributed by atoms with E-state index in [-0.39, 0.29) is 38.5 Å². The van der Waals surface area contributed by atoms with Crippen molar-refractivity contribution in [3.05, 3.63) is 32.1 Å². The number of allylic oxidation sites excluding steroid dienone is 2. The molecular weight excluding hydrogens is 500 g/mol. The molecule has 0 heterocycles. The number of hydrogen-bond donors (Lipinski definition) is 5. The molecular formula is C27H38O7S2. The van der Waals surface area contributed by atoms with Crippen LogP contribution in [0.5, 0.6) is 11.5 Å². The van der Waals surface area contributed by atoms with E-state index < -0.39 is 40.9 Å². The van der Waals surface area contributed by atoms with Crippen LogP contribution in [0, 0.1) is 0 Å². The van der Waals surface area contributed by atoms with E-state index in [0.717, 1.165) is 51.4 Å². The minimum Gasteiger partial charge on any atom is -0.507 e. The molecule has 3 rings (SSSR count). The zero-order valence-electron chi connectivity index (χ0n) is 21.3. The fourth-order valence-corrected chi connectivity index (χ4v) is 7.17. The Morgan fingerprint density at radius 3 is 1.75 bits per heavy atom. The van der Waals surface area contributed by atoms with Crippen molar-refractivity contribution < 1.29 is 35.1 Å². The lowest BCUT2D eigenvalue weighted by atomic mass is 9.74. The quantitative estimate of drug-likeness (QED) is 0.184. The van der Waals surface area contributed by atoms with E-state index in [1.165, 1.54) is 30.4 Å². The van der Waals surface area contributed by atoms with Crippen LogP contribution in [0.3, 0.4) is 0 Å². The number of thioether (sulfide) groups is 2. The summed E-state index contributed by atoms with van der Waals surface area (Å²) >= 11 is 2.61. The molecule has 0 saturated heterocycles. The Hall–Kier alpha value is -1.52. The lowest BCUT2D eigenvalue weighted by Crippen LogP contribution is -2.48. The zero-order valence-corrected chi connectivity index (χ0v) is 22.9. The number of aromatic hydroxyl groups is 2. The highest BCUT2D eigenvalue weighted by atomic mass is 32.2. The summed E-state index contributed by atoms with van der Waals surface area (Å²) < 4.78 is 0. The molecule has 0 aliphatic heterocycles. The average molecular weight is 539 g/mol. The SMILES string of the molecule is CCCCCCSC1=C(SCCCCCC)C(=O)c2c(O)c3c(c(O)c2C1=O)C[C@](C)(O)[C@H](O)[C@H]3O. The van der Waals surface area contributed by atoms with Crippen molar-refractivity contribution in [1.29, 1.82) is 0 Å². The lowest BCUT2D eigenvalue weighted by Gasteiger charge is -2.39. The zero-order chi connectivity index (χ0) is 26.6. The van der Waals surface area contributed by atoms with Crippen molar-refractivity contribution in [3.8, 4) is 11.5 Å². The first kappa shape index (κ1) is 29.0. The van der Waals surface area contributed by atoms with Gasteiger partial charge in [-0.3, -0.25) is 9.59 Å². The molecule has 1 aromatic rings. The molecule has 2 aliphatic rings. The number of ketones is 2. The van der Waals surface area contributed by atoms with Gasteiger partial charge in [-0.2, -0.15) is 0 Å². The second-order valence-corrected chi connectivity index (χ2v) is 12.1. The van der Waals surface area contributed by atoms with E-state index in [1.54, 1.807) is 0 Å². The number of aliphatic hydroxyl groups is 3. The molecule has 36 heavy (non-hydrogen) atoms. The smallest absolute Gasteiger partial charge is 0.205 e. The van der Waals surface area contributed by atoms with Crippen LogP contribution in [-0.2, 0) is 6.42 Å². The van der Waals surface area contributed by atoms with Gasteiger partial charge in [-0.1, -0.05) is 52.4 Å². The molecule has 9 heteroatoms. The van der Waals surface area contributed by atoms with Crippen LogP contribution in [0.4, 0.5) is 0 Å². The molecule has 3 atom stereocenters. The molecule has 200 valence electrons. The summed E-state index contributed by atoms with van der Waals surface area (Å²) in [5.74, 6) is -0.938. The maximum atomic E-state index is 13.7. The number of fused-ring (bicyclic) bond motifs is 2. The summed E-state index contributed by atoms with van der Waals surface area (Å²) in [4.78, 5) is 27.9. The summed E-state index contributed by atoms with van der Waals surface area (Å²) in [6.07, 6.45) is 4.47. The van der Waals surface area contributed by atoms with Crippen molar-refractivity contribution in [2.75, 3.05) is 11.5 Å². The molecule has 0 fully saturated rings. The van der Waals surface area contributed by atoms with E-state index in [1.807, 2.05) is 0 Å². The Morgan fingerprint density at radius 1 is 0.806 bits per heavy atom. The number of unbranched alkanes of at least 4 members (excludes halogenated alkanes) is 6. The predicted molar refractivity (Wildman–Crippen MR) is 144 cm³/mol. The normalized spacial score (nSPS) is 23.7. The fourth-order valence-electron chi connectivity index (χ4n) is 4.79. The van der Waals surface area contributed by atoms with E-state index in [0.29, 0.717) is 11.5 Å². The maximum Gasteiger partial charge on any atom is 0.205 e. The van der Waals surface area contributed by atoms with E-state index in [2.05, 4.69) is 13.8 Å². The molecule has 0 saturated carbocycles. The largest absolute Gasteiger partial charge is 0.507 e. The first-order valence-corrected chi connectivity index (χ1v) is 14.8. The standard InChI is InChI=1S/C27H38O7S2/c1-4-6-8-10-12-35-24-21(30)17-18(22(31)25(24)36-13-11-9-7-5-2)20(29)16-15(19(17)28)14-27(3,34)26(33)23(16)32/h23,26,28-29,32-34H,4-14H2,1-3H3/t23-,26+,27-/m0/s1. The number of rotatable bonds is 12. The number of hydrogen-bond acceptors (Lipinski definition) is 9. The van der Waals surface area contributed by atoms with Crippen molar-refractivity contribution in [2.45, 2.75) is 96.4 Å². The summed E-state index contributed by atoms with van der Waals surface area (Å²) in [5, 5.41) is 53.8. The Kier molecular flexibility index (Phi) is 9.96. The van der Waals surface area contributed by atoms with E-state index in [9.17, 15) is 35.1 Å². The van der Waals surface area contributed by atoms with Crippen LogP contribution < -0.4 is 0 Å². The molecule has 0 unspecified atom stereocenters. The van der Waals surface area contributed by atoms with Crippen LogP contribution in [0.15, 0.2) is 9.81 Å². The monoisotopic (exact) mass is 538 g/mol. The van der Waals surface area contributed by atoms with Crippen LogP contribution in [0.1, 0.15) is 110 Å². The number of carbonyl (C=O) groups excluding carboxylic acids is 2. The summed E-state index contributed by atoms with van der Waals surface area (Å²) in [6, 6.07) is 0. The third-order valence-corrected chi connectivity index (χ3v) is 9.39. The molecule has 0 bridgehead atoms. The van der Waals surface area contributed by atoms with Gasteiger partial charge in [0.2, 0.25) is 11.6 Å². The Morgan fingerprint density at radius 2 is 1.28 bits per heavy atom. The fraction of sp³-hybridized carbons (Fsp3) is 0.630. The van der Waals surface area contributed by atoms with Crippen molar-refractivity contribution in [1.82, 2.24) is 0 Å². The highest BCUT2D eigenvalue weighted by molar-refractivity contribution is 8.08. The molecule has 0 radical (unpaired) electrons. The van der Waals surface area contributed by atoms with Gasteiger partial charge >= 0.3 is 0 Å². The van der Waals surface area contributed by atoms with Gasteiger partial charge in [-0.25, -0.2) is 0 Å². The first-order valence-electron chi connectivity index (χ1n) is 12.9. The number of phenols is 2. The summed E-state index contributed by atoms with van der Waals surface area (Å²) in [5.41, 5.74) is -2.66. The topological polar surface area (TPSA) is 135 Å². The van der Waals surface area contributed by atoms with Crippen molar-refractivity contribution >= 4 is 35.1 Å². The number of Topliss-reactive ketones (excluding diaryl/α,β-unsaturated/α-hetero) is 2. The lowest BCUT2D eigenvalue weighted by molar-refractivity contribution is -0.126. The van der Waals surface area contributed by atoms with E-state index >= 15 is 0 Å². The molecule has 0 amide bonds. The Labute approximate surface area is 221 Å². The number of aliphatic hydroxyl groups excluding tert-OH is 2. The van der Waals surface area contributed by atoms with Crippen LogP contribution in [-0.4, -0.2) is 60.3 Å². The number of benzene rings is 1. The second-order valence-electron chi connectivity index (χ2n) is 9.90. The third kappa shape index (κ3) is 5.65. The third-order valence-electron chi connectivity index (χ3n) is 6.92. The average Bonchev–Trinajstić information content (AvgIpc) is 2.83. The van der Waals surface area contributed by atoms with Gasteiger partial charge in [-0.15, -0.1) is 23.5 Å². The molecule has 2 aliphatic carbocycles. The molecule has 7 nitrogen and oxygen atoms in total. The van der Waals surface area contributed by atoms with Gasteiger partial charge in [-0.05, 0) is 31.3 Å². The van der Waals surface area contributed by atoms with Crippen molar-refractivity contribution in [3.63, 3.8) is 0 Å². The van der Waals surface area contributed by atoms with Gasteiger partial charge in [0.1, 0.15) is 23.7 Å². The number of carbonyl (C=O) groups is 2. The molecule has 5 N–H and O–H groups in total.